The van der Waals surface area contributed by atoms with Crippen molar-refractivity contribution in [2.75, 3.05) is 32.3 Å². The van der Waals surface area contributed by atoms with E-state index in [0.717, 1.165) is 16.7 Å². The van der Waals surface area contributed by atoms with Gasteiger partial charge in [0.05, 0.1) is 19.0 Å². The fraction of sp³-hybridized carbons (Fsp3) is 0.240. The van der Waals surface area contributed by atoms with Crippen LogP contribution in [0.25, 0.3) is 11.1 Å². The minimum atomic E-state index is -0.282. The van der Waals surface area contributed by atoms with Crippen LogP contribution in [0, 0.1) is 5.41 Å². The number of aryl methyl sites for hydroxylation is 1. The van der Waals surface area contributed by atoms with Gasteiger partial charge < -0.3 is 20.7 Å². The number of hydrogen-bond donors (Lipinski definition) is 3. The Morgan fingerprint density at radius 1 is 1.09 bits per heavy atom. The lowest BCUT2D eigenvalue weighted by Gasteiger charge is -2.13. The predicted octanol–water partition coefficient (Wildman–Crippen LogP) is 3.79. The number of nitrogens with one attached hydrogen (secondary N) is 2. The predicted molar refractivity (Wildman–Crippen MR) is 132 cm³/mol. The third kappa shape index (κ3) is 6.16. The molecule has 0 atom stereocenters. The van der Waals surface area contributed by atoms with Crippen molar-refractivity contribution in [2.45, 2.75) is 19.3 Å². The minimum absolute atomic E-state index is 0.128. The molecular formula is C25H28N6O3. The molecule has 0 aliphatic rings. The molecule has 34 heavy (non-hydrogen) atoms. The zero-order chi connectivity index (χ0) is 24.7. The van der Waals surface area contributed by atoms with Crippen molar-refractivity contribution in [1.29, 1.82) is 5.41 Å². The van der Waals surface area contributed by atoms with Crippen molar-refractivity contribution in [1.82, 2.24) is 14.9 Å². The number of benzene rings is 1. The highest BCUT2D eigenvalue weighted by molar-refractivity contribution is 6.46. The lowest BCUT2D eigenvalue weighted by molar-refractivity contribution is -0.113. The maximum absolute atomic E-state index is 12.7. The molecule has 3 rings (SSSR count). The Balaban J connectivity index is 1.69. The van der Waals surface area contributed by atoms with Gasteiger partial charge in [-0.2, -0.15) is 0 Å². The highest BCUT2D eigenvalue weighted by Crippen LogP contribution is 2.26. The highest BCUT2D eigenvalue weighted by atomic mass is 16.5. The first-order chi connectivity index (χ1) is 16.3. The molecule has 0 spiro atoms. The summed E-state index contributed by atoms with van der Waals surface area (Å²) in [7, 11) is 4.86. The van der Waals surface area contributed by atoms with Gasteiger partial charge in [0, 0.05) is 55.8 Å². The Morgan fingerprint density at radius 3 is 2.56 bits per heavy atom. The Hall–Kier alpha value is -4.27. The van der Waals surface area contributed by atoms with Gasteiger partial charge in [-0.1, -0.05) is 12.1 Å². The molecule has 2 heterocycles. The molecule has 0 bridgehead atoms. The fourth-order valence-corrected chi connectivity index (χ4v) is 3.26. The van der Waals surface area contributed by atoms with Crippen molar-refractivity contribution >= 4 is 28.9 Å². The van der Waals surface area contributed by atoms with Gasteiger partial charge in [0.2, 0.25) is 5.88 Å². The topological polar surface area (TPSA) is 134 Å². The van der Waals surface area contributed by atoms with E-state index < -0.39 is 0 Å². The molecule has 0 aliphatic heterocycles. The van der Waals surface area contributed by atoms with Gasteiger partial charge in [0.15, 0.2) is 5.78 Å². The SMILES string of the molecule is COc1ccc(CCCC(=O)C(=N)c2cc(-c3cncc(NC(=O)N(C)C)c3)ccc2N)cn1. The first kappa shape index (κ1) is 24.4. The van der Waals surface area contributed by atoms with E-state index in [-0.39, 0.29) is 23.9 Å². The van der Waals surface area contributed by atoms with E-state index >= 15 is 0 Å². The van der Waals surface area contributed by atoms with E-state index in [4.69, 9.17) is 15.9 Å². The van der Waals surface area contributed by atoms with E-state index in [1.165, 1.54) is 4.90 Å². The zero-order valence-electron chi connectivity index (χ0n) is 19.5. The quantitative estimate of drug-likeness (QED) is 0.328. The molecule has 0 radical (unpaired) electrons. The second kappa shape index (κ2) is 11.0. The van der Waals surface area contributed by atoms with Crippen molar-refractivity contribution in [3.8, 4) is 17.0 Å². The summed E-state index contributed by atoms with van der Waals surface area (Å²) in [5.41, 5.74) is 9.68. The largest absolute Gasteiger partial charge is 0.481 e. The monoisotopic (exact) mass is 460 g/mol. The number of ether oxygens (including phenoxy) is 1. The van der Waals surface area contributed by atoms with Gasteiger partial charge in [-0.3, -0.25) is 15.2 Å². The second-order valence-corrected chi connectivity index (χ2v) is 7.95. The molecule has 9 heteroatoms. The summed E-state index contributed by atoms with van der Waals surface area (Å²) in [6.07, 6.45) is 6.40. The third-order valence-corrected chi connectivity index (χ3v) is 5.21. The van der Waals surface area contributed by atoms with Gasteiger partial charge in [-0.15, -0.1) is 0 Å². The number of urea groups is 1. The van der Waals surface area contributed by atoms with E-state index in [1.807, 2.05) is 6.07 Å². The van der Waals surface area contributed by atoms with Crippen LogP contribution in [0.5, 0.6) is 5.88 Å². The Labute approximate surface area is 198 Å². The van der Waals surface area contributed by atoms with Crippen molar-refractivity contribution in [3.63, 3.8) is 0 Å². The van der Waals surface area contributed by atoms with Crippen LogP contribution in [0.15, 0.2) is 55.0 Å². The van der Waals surface area contributed by atoms with Crippen molar-refractivity contribution < 1.29 is 14.3 Å². The Bertz CT molecular complexity index is 1190. The summed E-state index contributed by atoms with van der Waals surface area (Å²) in [6, 6.07) is 10.4. The second-order valence-electron chi connectivity index (χ2n) is 7.95. The van der Waals surface area contributed by atoms with E-state index in [2.05, 4.69) is 15.3 Å². The number of methoxy groups -OCH3 is 1. The normalized spacial score (nSPS) is 10.4. The average Bonchev–Trinajstić information content (AvgIpc) is 2.84. The standard InChI is InChI=1S/C25H28N6O3/c1-31(2)25(33)30-19-11-18(14-28-15-19)17-8-9-21(26)20(12-17)24(27)22(32)6-4-5-16-7-10-23(34-3)29-13-16/h7-15,27H,4-6,26H2,1-3H3,(H,30,33). The first-order valence-corrected chi connectivity index (χ1v) is 10.7. The van der Waals surface area contributed by atoms with Crippen LogP contribution in [-0.2, 0) is 11.2 Å². The molecule has 2 aromatic heterocycles. The Kier molecular flexibility index (Phi) is 7.92. The summed E-state index contributed by atoms with van der Waals surface area (Å²) in [5, 5.41) is 11.2. The molecule has 176 valence electrons. The van der Waals surface area contributed by atoms with Crippen LogP contribution in [0.4, 0.5) is 16.2 Å². The molecule has 4 N–H and O–H groups in total. The lowest BCUT2D eigenvalue weighted by Crippen LogP contribution is -2.27. The maximum atomic E-state index is 12.7. The molecule has 0 saturated heterocycles. The van der Waals surface area contributed by atoms with Crippen LogP contribution in [0.2, 0.25) is 0 Å². The third-order valence-electron chi connectivity index (χ3n) is 5.21. The highest BCUT2D eigenvalue weighted by Gasteiger charge is 2.16. The molecule has 2 amide bonds. The Morgan fingerprint density at radius 2 is 1.88 bits per heavy atom. The number of nitrogens with two attached hydrogens (primary N) is 1. The van der Waals surface area contributed by atoms with Gasteiger partial charge in [-0.25, -0.2) is 9.78 Å². The molecule has 3 aromatic rings. The molecule has 0 aliphatic carbocycles. The number of pyridine rings is 2. The number of hydrogen-bond acceptors (Lipinski definition) is 7. The average molecular weight is 461 g/mol. The van der Waals surface area contributed by atoms with Crippen molar-refractivity contribution in [3.05, 3.63) is 66.1 Å². The van der Waals surface area contributed by atoms with Crippen molar-refractivity contribution in [2.24, 2.45) is 0 Å². The number of Topliss-reactive ketones (excluding diaryl/α,β-unsaturated/α-hetero) is 1. The summed E-state index contributed by atoms with van der Waals surface area (Å²) >= 11 is 0. The molecular weight excluding hydrogens is 432 g/mol. The molecule has 0 unspecified atom stereocenters. The van der Waals surface area contributed by atoms with Crippen LogP contribution >= 0.6 is 0 Å². The minimum Gasteiger partial charge on any atom is -0.481 e. The van der Waals surface area contributed by atoms with Gasteiger partial charge in [0.1, 0.15) is 5.71 Å². The number of carbonyl (C=O) groups is 2. The summed E-state index contributed by atoms with van der Waals surface area (Å²) in [4.78, 5) is 34.4. The van der Waals surface area contributed by atoms with Gasteiger partial charge >= 0.3 is 6.03 Å². The number of aromatic nitrogens is 2. The number of carbonyl (C=O) groups excluding carboxylic acids is 2. The first-order valence-electron chi connectivity index (χ1n) is 10.7. The fourth-order valence-electron chi connectivity index (χ4n) is 3.26. The number of ketones is 1. The van der Waals surface area contributed by atoms with Crippen LogP contribution in [-0.4, -0.2) is 53.6 Å². The molecule has 0 fully saturated rings. The number of rotatable bonds is 9. The maximum Gasteiger partial charge on any atom is 0.321 e. The number of nitrogens with zero attached hydrogens (tertiary/aromatic N) is 3. The lowest BCUT2D eigenvalue weighted by atomic mass is 9.96. The molecule has 1 aromatic carbocycles. The van der Waals surface area contributed by atoms with Gasteiger partial charge in [0.25, 0.3) is 0 Å². The summed E-state index contributed by atoms with van der Waals surface area (Å²) < 4.78 is 5.05. The van der Waals surface area contributed by atoms with Crippen LogP contribution in [0.1, 0.15) is 24.0 Å². The molecule has 9 nitrogen and oxygen atoms in total. The number of amides is 2. The van der Waals surface area contributed by atoms with Crippen LogP contribution in [0.3, 0.4) is 0 Å². The van der Waals surface area contributed by atoms with Gasteiger partial charge in [-0.05, 0) is 42.2 Å². The van der Waals surface area contributed by atoms with Crippen LogP contribution < -0.4 is 15.8 Å². The smallest absolute Gasteiger partial charge is 0.321 e. The molecule has 0 saturated carbocycles. The van der Waals surface area contributed by atoms with E-state index in [0.29, 0.717) is 35.7 Å². The number of anilines is 2. The summed E-state index contributed by atoms with van der Waals surface area (Å²) in [6.45, 7) is 0. The summed E-state index contributed by atoms with van der Waals surface area (Å²) in [5.74, 6) is 0.258. The zero-order valence-corrected chi connectivity index (χ0v) is 19.5. The van der Waals surface area contributed by atoms with E-state index in [1.54, 1.807) is 70.1 Å². The van der Waals surface area contributed by atoms with E-state index in [9.17, 15) is 9.59 Å². The number of nitrogen functional groups attached to an aromatic ring is 1.